The molecule has 0 amide bonds. The molecule has 0 spiro atoms. The van der Waals surface area contributed by atoms with Gasteiger partial charge in [0.15, 0.2) is 0 Å². The number of rotatable bonds is 8. The van der Waals surface area contributed by atoms with E-state index in [2.05, 4.69) is 36.1 Å². The third-order valence-electron chi connectivity index (χ3n) is 2.62. The molecule has 0 aliphatic carbocycles. The summed E-state index contributed by atoms with van der Waals surface area (Å²) in [4.78, 5) is 8.61. The molecular weight excluding hydrogens is 226 g/mol. The minimum Gasteiger partial charge on any atom is -0.477 e. The third-order valence-corrected chi connectivity index (χ3v) is 2.62. The van der Waals surface area contributed by atoms with Crippen LogP contribution in [-0.2, 0) is 6.54 Å². The Morgan fingerprint density at radius 1 is 1.39 bits per heavy atom. The fraction of sp³-hybridized carbons (Fsp3) is 0.714. The smallest absolute Gasteiger partial charge is 0.221 e. The molecule has 0 saturated carbocycles. The van der Waals surface area contributed by atoms with Crippen LogP contribution in [0.5, 0.6) is 5.88 Å². The lowest BCUT2D eigenvalue weighted by molar-refractivity contribution is 0.274. The molecule has 0 aromatic carbocycles. The van der Waals surface area contributed by atoms with Crippen molar-refractivity contribution in [2.24, 2.45) is 5.92 Å². The minimum absolute atomic E-state index is 0.648. The standard InChI is InChI=1S/C14H25N3O/c1-5-7-15-9-13-10-16-12(4)17-14(13)18-8-6-11(2)3/h10-11,15H,5-9H2,1-4H3. The Morgan fingerprint density at radius 3 is 2.83 bits per heavy atom. The number of hydrogen-bond donors (Lipinski definition) is 1. The minimum atomic E-state index is 0.648. The first-order valence-corrected chi connectivity index (χ1v) is 6.79. The highest BCUT2D eigenvalue weighted by Gasteiger charge is 2.07. The first-order valence-electron chi connectivity index (χ1n) is 6.79. The van der Waals surface area contributed by atoms with E-state index in [-0.39, 0.29) is 0 Å². The number of nitrogens with one attached hydrogen (secondary N) is 1. The van der Waals surface area contributed by atoms with Crippen LogP contribution in [0.15, 0.2) is 6.20 Å². The quantitative estimate of drug-likeness (QED) is 0.722. The second kappa shape index (κ2) is 8.03. The second-order valence-corrected chi connectivity index (χ2v) is 4.96. The molecule has 0 bridgehead atoms. The van der Waals surface area contributed by atoms with E-state index in [0.29, 0.717) is 5.92 Å². The molecule has 0 saturated heterocycles. The SMILES string of the molecule is CCCNCc1cnc(C)nc1OCCC(C)C. The Hall–Kier alpha value is -1.16. The maximum Gasteiger partial charge on any atom is 0.221 e. The van der Waals surface area contributed by atoms with E-state index >= 15 is 0 Å². The zero-order chi connectivity index (χ0) is 13.4. The highest BCUT2D eigenvalue weighted by molar-refractivity contribution is 5.23. The van der Waals surface area contributed by atoms with Crippen LogP contribution in [-0.4, -0.2) is 23.1 Å². The van der Waals surface area contributed by atoms with Crippen molar-refractivity contribution in [2.45, 2.75) is 47.1 Å². The summed E-state index contributed by atoms with van der Waals surface area (Å²) in [5, 5.41) is 3.35. The molecule has 1 aromatic rings. The van der Waals surface area contributed by atoms with Crippen LogP contribution in [0.4, 0.5) is 0 Å². The highest BCUT2D eigenvalue weighted by atomic mass is 16.5. The average Bonchev–Trinajstić information content (AvgIpc) is 2.31. The lowest BCUT2D eigenvalue weighted by Gasteiger charge is -2.12. The number of hydrogen-bond acceptors (Lipinski definition) is 4. The normalized spacial score (nSPS) is 10.9. The summed E-state index contributed by atoms with van der Waals surface area (Å²) < 4.78 is 5.77. The van der Waals surface area contributed by atoms with E-state index in [1.807, 2.05) is 13.1 Å². The van der Waals surface area contributed by atoms with Gasteiger partial charge in [0.2, 0.25) is 5.88 Å². The fourth-order valence-electron chi connectivity index (χ4n) is 1.51. The summed E-state index contributed by atoms with van der Waals surface area (Å²) >= 11 is 0. The zero-order valence-electron chi connectivity index (χ0n) is 12.0. The Bertz CT molecular complexity index is 353. The topological polar surface area (TPSA) is 47.0 Å². The van der Waals surface area contributed by atoms with Gasteiger partial charge in [-0.05, 0) is 32.2 Å². The lowest BCUT2D eigenvalue weighted by atomic mass is 10.1. The lowest BCUT2D eigenvalue weighted by Crippen LogP contribution is -2.16. The van der Waals surface area contributed by atoms with E-state index in [1.54, 1.807) is 0 Å². The van der Waals surface area contributed by atoms with Crippen molar-refractivity contribution >= 4 is 0 Å². The zero-order valence-corrected chi connectivity index (χ0v) is 12.0. The van der Waals surface area contributed by atoms with Gasteiger partial charge in [-0.25, -0.2) is 4.98 Å². The Balaban J connectivity index is 2.58. The molecule has 102 valence electrons. The molecule has 1 aromatic heterocycles. The largest absolute Gasteiger partial charge is 0.477 e. The van der Waals surface area contributed by atoms with Crippen LogP contribution in [0, 0.1) is 12.8 Å². The Labute approximate surface area is 110 Å². The number of aryl methyl sites for hydroxylation is 1. The number of aromatic nitrogens is 2. The molecule has 4 nitrogen and oxygen atoms in total. The first-order chi connectivity index (χ1) is 8.63. The molecule has 4 heteroatoms. The maximum atomic E-state index is 5.77. The van der Waals surface area contributed by atoms with E-state index in [0.717, 1.165) is 49.8 Å². The van der Waals surface area contributed by atoms with Crippen molar-refractivity contribution in [1.29, 1.82) is 0 Å². The van der Waals surface area contributed by atoms with Gasteiger partial charge < -0.3 is 10.1 Å². The van der Waals surface area contributed by atoms with Gasteiger partial charge >= 0.3 is 0 Å². The monoisotopic (exact) mass is 251 g/mol. The average molecular weight is 251 g/mol. The predicted molar refractivity (Wildman–Crippen MR) is 73.7 cm³/mol. The van der Waals surface area contributed by atoms with Gasteiger partial charge in [0.1, 0.15) is 5.82 Å². The molecule has 1 rings (SSSR count). The van der Waals surface area contributed by atoms with E-state index in [4.69, 9.17) is 4.74 Å². The van der Waals surface area contributed by atoms with E-state index < -0.39 is 0 Å². The molecule has 1 N–H and O–H groups in total. The second-order valence-electron chi connectivity index (χ2n) is 4.96. The van der Waals surface area contributed by atoms with Crippen LogP contribution in [0.2, 0.25) is 0 Å². The van der Waals surface area contributed by atoms with Crippen LogP contribution >= 0.6 is 0 Å². The molecular formula is C14H25N3O. The van der Waals surface area contributed by atoms with Gasteiger partial charge in [-0.1, -0.05) is 20.8 Å². The summed E-state index contributed by atoms with van der Waals surface area (Å²) in [7, 11) is 0. The van der Waals surface area contributed by atoms with E-state index in [9.17, 15) is 0 Å². The third kappa shape index (κ3) is 5.45. The summed E-state index contributed by atoms with van der Waals surface area (Å²) in [6.45, 7) is 10.9. The summed E-state index contributed by atoms with van der Waals surface area (Å²) in [5.41, 5.74) is 1.04. The van der Waals surface area contributed by atoms with Gasteiger partial charge in [-0.15, -0.1) is 0 Å². The molecule has 0 aliphatic heterocycles. The van der Waals surface area contributed by atoms with Gasteiger partial charge in [-0.2, -0.15) is 4.98 Å². The molecule has 0 radical (unpaired) electrons. The molecule has 1 heterocycles. The van der Waals surface area contributed by atoms with Gasteiger partial charge in [-0.3, -0.25) is 0 Å². The van der Waals surface area contributed by atoms with Crippen molar-refractivity contribution in [1.82, 2.24) is 15.3 Å². The van der Waals surface area contributed by atoms with E-state index in [1.165, 1.54) is 0 Å². The number of ether oxygens (including phenoxy) is 1. The van der Waals surface area contributed by atoms with Crippen molar-refractivity contribution in [3.8, 4) is 5.88 Å². The summed E-state index contributed by atoms with van der Waals surface area (Å²) in [6, 6.07) is 0. The number of nitrogens with zero attached hydrogens (tertiary/aromatic N) is 2. The van der Waals surface area contributed by atoms with Crippen LogP contribution in [0.1, 0.15) is 45.0 Å². The van der Waals surface area contributed by atoms with Crippen molar-refractivity contribution in [3.05, 3.63) is 17.6 Å². The van der Waals surface area contributed by atoms with Crippen LogP contribution in [0.3, 0.4) is 0 Å². The molecule has 0 atom stereocenters. The Morgan fingerprint density at radius 2 is 2.17 bits per heavy atom. The Kier molecular flexibility index (Phi) is 6.65. The molecule has 0 unspecified atom stereocenters. The highest BCUT2D eigenvalue weighted by Crippen LogP contribution is 2.15. The van der Waals surface area contributed by atoms with Crippen molar-refractivity contribution in [3.63, 3.8) is 0 Å². The van der Waals surface area contributed by atoms with Gasteiger partial charge in [0.25, 0.3) is 0 Å². The van der Waals surface area contributed by atoms with Crippen LogP contribution < -0.4 is 10.1 Å². The van der Waals surface area contributed by atoms with Crippen LogP contribution in [0.25, 0.3) is 0 Å². The van der Waals surface area contributed by atoms with Crippen molar-refractivity contribution in [2.75, 3.05) is 13.2 Å². The van der Waals surface area contributed by atoms with Crippen molar-refractivity contribution < 1.29 is 4.74 Å². The molecule has 0 aliphatic rings. The van der Waals surface area contributed by atoms with Gasteiger partial charge in [0.05, 0.1) is 6.61 Å². The first kappa shape index (κ1) is 14.9. The summed E-state index contributed by atoms with van der Waals surface area (Å²) in [6.07, 6.45) is 4.02. The van der Waals surface area contributed by atoms with Gasteiger partial charge in [0, 0.05) is 18.3 Å². The predicted octanol–water partition coefficient (Wildman–Crippen LogP) is 2.71. The fourth-order valence-corrected chi connectivity index (χ4v) is 1.51. The molecule has 18 heavy (non-hydrogen) atoms. The molecule has 0 fully saturated rings. The maximum absolute atomic E-state index is 5.77. The summed E-state index contributed by atoms with van der Waals surface area (Å²) in [5.74, 6) is 2.13.